The number of nitrogens with zero attached hydrogens (tertiary/aromatic N) is 2. The number of rotatable bonds is 7. The van der Waals surface area contributed by atoms with Gasteiger partial charge in [-0.2, -0.15) is 0 Å². The number of likely N-dealkylation sites (tertiary alicyclic amines) is 1. The Balaban J connectivity index is 1.63. The number of fused-ring (bicyclic) bond motifs is 1. The van der Waals surface area contributed by atoms with Crippen LogP contribution in [0.5, 0.6) is 5.75 Å². The normalized spacial score (nSPS) is 21.0. The molecule has 142 valence electrons. The van der Waals surface area contributed by atoms with Crippen LogP contribution in [0.1, 0.15) is 30.9 Å². The Bertz CT molecular complexity index is 820. The maximum Gasteiger partial charge on any atom is 0.259 e. The molecule has 1 aromatic carbocycles. The van der Waals surface area contributed by atoms with E-state index in [1.54, 1.807) is 12.1 Å². The molecule has 0 saturated carbocycles. The molecule has 0 aliphatic carbocycles. The molecule has 1 fully saturated rings. The van der Waals surface area contributed by atoms with E-state index in [2.05, 4.69) is 28.1 Å². The Morgan fingerprint density at radius 1 is 1.50 bits per heavy atom. The van der Waals surface area contributed by atoms with Crippen molar-refractivity contribution in [1.29, 1.82) is 0 Å². The number of ether oxygens (including phenoxy) is 1. The van der Waals surface area contributed by atoms with Crippen LogP contribution in [0, 0.1) is 5.92 Å². The van der Waals surface area contributed by atoms with E-state index in [-0.39, 0.29) is 11.6 Å². The van der Waals surface area contributed by atoms with Crippen LogP contribution in [-0.2, 0) is 15.8 Å². The predicted molar refractivity (Wildman–Crippen MR) is 102 cm³/mol. The molecule has 0 bridgehead atoms. The van der Waals surface area contributed by atoms with Gasteiger partial charge in [0.25, 0.3) is 10.0 Å². The first-order valence-corrected chi connectivity index (χ1v) is 10.5. The predicted octanol–water partition coefficient (Wildman–Crippen LogP) is 1.41. The zero-order valence-electron chi connectivity index (χ0n) is 15.1. The molecule has 1 saturated heterocycles. The average Bonchev–Trinajstić information content (AvgIpc) is 3.05. The summed E-state index contributed by atoms with van der Waals surface area (Å²) in [4.78, 5) is 2.24. The summed E-state index contributed by atoms with van der Waals surface area (Å²) >= 11 is 0. The maximum absolute atomic E-state index is 11.7. The van der Waals surface area contributed by atoms with Gasteiger partial charge in [-0.1, -0.05) is 25.6 Å². The largest absolute Gasteiger partial charge is 0.492 e. The first-order valence-electron chi connectivity index (χ1n) is 8.90. The first-order chi connectivity index (χ1) is 12.4. The molecule has 26 heavy (non-hydrogen) atoms. The SMILES string of the molecule is C=C(NCCC)N1CC[C@@H](COc2cccc3c2C(N)=NS(=O)(=O)C3)C1. The third kappa shape index (κ3) is 4.12. The number of sulfonamides is 1. The number of benzene rings is 1. The molecule has 0 amide bonds. The summed E-state index contributed by atoms with van der Waals surface area (Å²) in [5.74, 6) is 1.82. The lowest BCUT2D eigenvalue weighted by molar-refractivity contribution is 0.247. The smallest absolute Gasteiger partial charge is 0.259 e. The van der Waals surface area contributed by atoms with Crippen LogP contribution in [0.3, 0.4) is 0 Å². The molecule has 0 aromatic heterocycles. The zero-order valence-corrected chi connectivity index (χ0v) is 15.9. The highest BCUT2D eigenvalue weighted by Crippen LogP contribution is 2.29. The van der Waals surface area contributed by atoms with Crippen molar-refractivity contribution in [3.05, 3.63) is 41.7 Å². The van der Waals surface area contributed by atoms with Crippen molar-refractivity contribution in [2.45, 2.75) is 25.5 Å². The maximum atomic E-state index is 11.7. The van der Waals surface area contributed by atoms with Crippen molar-refractivity contribution < 1.29 is 13.2 Å². The Hall–Kier alpha value is -2.22. The fourth-order valence-electron chi connectivity index (χ4n) is 3.33. The summed E-state index contributed by atoms with van der Waals surface area (Å²) in [5, 5.41) is 3.32. The lowest BCUT2D eigenvalue weighted by atomic mass is 10.1. The summed E-state index contributed by atoms with van der Waals surface area (Å²) < 4.78 is 33.1. The van der Waals surface area contributed by atoms with Gasteiger partial charge in [0.15, 0.2) is 0 Å². The van der Waals surface area contributed by atoms with E-state index < -0.39 is 10.0 Å². The van der Waals surface area contributed by atoms with Gasteiger partial charge in [0.1, 0.15) is 11.6 Å². The van der Waals surface area contributed by atoms with Crippen LogP contribution < -0.4 is 15.8 Å². The summed E-state index contributed by atoms with van der Waals surface area (Å²) in [6, 6.07) is 5.36. The van der Waals surface area contributed by atoms with Crippen molar-refractivity contribution in [3.63, 3.8) is 0 Å². The van der Waals surface area contributed by atoms with Crippen LogP contribution in [0.4, 0.5) is 0 Å². The van der Waals surface area contributed by atoms with Gasteiger partial charge < -0.3 is 20.7 Å². The summed E-state index contributed by atoms with van der Waals surface area (Å²) in [5.41, 5.74) is 7.12. The monoisotopic (exact) mass is 378 g/mol. The summed E-state index contributed by atoms with van der Waals surface area (Å²) in [6.07, 6.45) is 2.09. The van der Waals surface area contributed by atoms with Crippen molar-refractivity contribution in [1.82, 2.24) is 10.2 Å². The first kappa shape index (κ1) is 18.6. The third-order valence-electron chi connectivity index (χ3n) is 4.67. The Kier molecular flexibility index (Phi) is 5.41. The summed E-state index contributed by atoms with van der Waals surface area (Å²) in [6.45, 7) is 9.54. The second-order valence-corrected chi connectivity index (χ2v) is 8.41. The van der Waals surface area contributed by atoms with E-state index in [0.29, 0.717) is 29.4 Å². The van der Waals surface area contributed by atoms with Crippen molar-refractivity contribution >= 4 is 15.9 Å². The van der Waals surface area contributed by atoms with Crippen LogP contribution in [-0.4, -0.2) is 45.4 Å². The molecule has 3 N–H and O–H groups in total. The van der Waals surface area contributed by atoms with Gasteiger partial charge in [0.2, 0.25) is 0 Å². The second-order valence-electron chi connectivity index (χ2n) is 6.78. The van der Waals surface area contributed by atoms with E-state index in [4.69, 9.17) is 10.5 Å². The van der Waals surface area contributed by atoms with Gasteiger partial charge in [-0.3, -0.25) is 0 Å². The Morgan fingerprint density at radius 2 is 2.31 bits per heavy atom. The van der Waals surface area contributed by atoms with Gasteiger partial charge >= 0.3 is 0 Å². The van der Waals surface area contributed by atoms with Gasteiger partial charge in [-0.15, -0.1) is 4.40 Å². The number of hydrogen-bond donors (Lipinski definition) is 2. The average molecular weight is 378 g/mol. The van der Waals surface area contributed by atoms with Crippen LogP contribution in [0.25, 0.3) is 0 Å². The van der Waals surface area contributed by atoms with Crippen molar-refractivity contribution in [2.75, 3.05) is 26.2 Å². The van der Waals surface area contributed by atoms with Gasteiger partial charge in [0, 0.05) is 25.6 Å². The lowest BCUT2D eigenvalue weighted by Gasteiger charge is -2.22. The highest BCUT2D eigenvalue weighted by atomic mass is 32.2. The van der Waals surface area contributed by atoms with Crippen LogP contribution in [0.2, 0.25) is 0 Å². The quantitative estimate of drug-likeness (QED) is 0.745. The topological polar surface area (TPSA) is 97.0 Å². The molecular formula is C18H26N4O3S. The summed E-state index contributed by atoms with van der Waals surface area (Å²) in [7, 11) is -3.53. The molecule has 1 aromatic rings. The molecule has 0 spiro atoms. The highest BCUT2D eigenvalue weighted by molar-refractivity contribution is 7.89. The molecule has 2 aliphatic heterocycles. The van der Waals surface area contributed by atoms with Gasteiger partial charge in [-0.25, -0.2) is 8.42 Å². The minimum Gasteiger partial charge on any atom is -0.492 e. The van der Waals surface area contributed by atoms with E-state index in [1.807, 2.05) is 6.07 Å². The number of amidine groups is 1. The van der Waals surface area contributed by atoms with Gasteiger partial charge in [0.05, 0.1) is 23.7 Å². The molecule has 3 rings (SSSR count). The minimum absolute atomic E-state index is 0.00652. The number of nitrogens with one attached hydrogen (secondary N) is 1. The lowest BCUT2D eigenvalue weighted by Crippen LogP contribution is -2.30. The van der Waals surface area contributed by atoms with Gasteiger partial charge in [-0.05, 0) is 24.5 Å². The molecule has 2 aliphatic rings. The Labute approximate surface area is 155 Å². The van der Waals surface area contributed by atoms with Crippen LogP contribution in [0.15, 0.2) is 35.0 Å². The van der Waals surface area contributed by atoms with E-state index >= 15 is 0 Å². The molecule has 0 radical (unpaired) electrons. The van der Waals surface area contributed by atoms with Crippen molar-refractivity contribution in [3.8, 4) is 5.75 Å². The molecule has 7 nitrogen and oxygen atoms in total. The van der Waals surface area contributed by atoms with Crippen molar-refractivity contribution in [2.24, 2.45) is 16.0 Å². The number of nitrogens with two attached hydrogens (primary N) is 1. The molecule has 2 heterocycles. The molecule has 8 heteroatoms. The standard InChI is InChI=1S/C18H26N4O3S/c1-3-8-20-13(2)22-9-7-14(10-22)11-25-16-6-4-5-15-12-26(23,24)21-18(19)17(15)16/h4-6,14,20H,2-3,7-12H2,1H3,(H2,19,21)/t14-/m1/s1. The fraction of sp³-hybridized carbons (Fsp3) is 0.500. The minimum atomic E-state index is -3.53. The van der Waals surface area contributed by atoms with E-state index in [9.17, 15) is 8.42 Å². The fourth-order valence-corrected chi connectivity index (χ4v) is 4.42. The zero-order chi connectivity index (χ0) is 18.7. The molecule has 0 unspecified atom stereocenters. The molecule has 1 atom stereocenters. The Morgan fingerprint density at radius 3 is 3.08 bits per heavy atom. The number of hydrogen-bond acceptors (Lipinski definition) is 6. The third-order valence-corrected chi connectivity index (χ3v) is 5.82. The van der Waals surface area contributed by atoms with Crippen LogP contribution >= 0.6 is 0 Å². The van der Waals surface area contributed by atoms with E-state index in [1.165, 1.54) is 0 Å². The second kappa shape index (κ2) is 7.57. The highest BCUT2D eigenvalue weighted by Gasteiger charge is 2.27. The molecular weight excluding hydrogens is 352 g/mol. The van der Waals surface area contributed by atoms with E-state index in [0.717, 1.165) is 38.3 Å².